The topological polar surface area (TPSA) is 112 Å². The van der Waals surface area contributed by atoms with Crippen LogP contribution >= 0.6 is 0 Å². The van der Waals surface area contributed by atoms with Gasteiger partial charge in [-0.3, -0.25) is 14.4 Å². The molecule has 0 unspecified atom stereocenters. The van der Waals surface area contributed by atoms with Crippen molar-refractivity contribution in [3.63, 3.8) is 0 Å². The highest BCUT2D eigenvalue weighted by atomic mass is 16.4. The normalized spacial score (nSPS) is 11.7. The lowest BCUT2D eigenvalue weighted by Gasteiger charge is -2.30. The zero-order valence-electron chi connectivity index (χ0n) is 22.0. The van der Waals surface area contributed by atoms with Crippen LogP contribution in [0, 0.1) is 11.3 Å². The summed E-state index contributed by atoms with van der Waals surface area (Å²) in [4.78, 5) is 33.5. The Morgan fingerprint density at radius 3 is 1.18 bits per heavy atom. The molecule has 0 aliphatic carbocycles. The lowest BCUT2D eigenvalue weighted by atomic mass is 9.73. The van der Waals surface area contributed by atoms with Crippen molar-refractivity contribution in [1.29, 1.82) is 0 Å². The van der Waals surface area contributed by atoms with E-state index in [0.29, 0.717) is 5.92 Å². The number of rotatable bonds is 25. The lowest BCUT2D eigenvalue weighted by molar-refractivity contribution is -0.151. The minimum Gasteiger partial charge on any atom is -0.481 e. The van der Waals surface area contributed by atoms with E-state index in [1.807, 2.05) is 0 Å². The van der Waals surface area contributed by atoms with E-state index in [1.54, 1.807) is 0 Å². The van der Waals surface area contributed by atoms with Crippen LogP contribution in [0.5, 0.6) is 0 Å². The smallest absolute Gasteiger partial charge is 0.309 e. The third kappa shape index (κ3) is 18.8. The first-order valence-electron chi connectivity index (χ1n) is 13.9. The number of hydrogen-bond acceptors (Lipinski definition) is 3. The zero-order chi connectivity index (χ0) is 25.7. The van der Waals surface area contributed by atoms with Crippen LogP contribution in [-0.2, 0) is 14.4 Å². The molecule has 0 saturated carbocycles. The van der Waals surface area contributed by atoms with E-state index >= 15 is 0 Å². The monoisotopic (exact) mass is 484 g/mol. The van der Waals surface area contributed by atoms with Crippen LogP contribution in [0.3, 0.4) is 0 Å². The Morgan fingerprint density at radius 2 is 0.853 bits per heavy atom. The zero-order valence-corrected chi connectivity index (χ0v) is 22.0. The maximum atomic E-state index is 12.4. The Morgan fingerprint density at radius 1 is 0.529 bits per heavy atom. The number of carbonyl (C=O) groups is 3. The maximum absolute atomic E-state index is 12.4. The Labute approximate surface area is 207 Å². The number of hydrogen-bond donors (Lipinski definition) is 3. The van der Waals surface area contributed by atoms with Crippen LogP contribution in [0.15, 0.2) is 0 Å². The van der Waals surface area contributed by atoms with E-state index in [4.69, 9.17) is 10.2 Å². The quantitative estimate of drug-likeness (QED) is 0.113. The van der Waals surface area contributed by atoms with Gasteiger partial charge in [-0.15, -0.1) is 0 Å². The summed E-state index contributed by atoms with van der Waals surface area (Å²) >= 11 is 0. The third-order valence-corrected chi connectivity index (χ3v) is 6.98. The molecule has 0 saturated heterocycles. The predicted molar refractivity (Wildman–Crippen MR) is 137 cm³/mol. The van der Waals surface area contributed by atoms with E-state index in [-0.39, 0.29) is 12.8 Å². The summed E-state index contributed by atoms with van der Waals surface area (Å²) < 4.78 is 0. The van der Waals surface area contributed by atoms with E-state index in [2.05, 4.69) is 13.8 Å². The molecule has 6 heteroatoms. The van der Waals surface area contributed by atoms with Gasteiger partial charge in [0.05, 0.1) is 5.41 Å². The van der Waals surface area contributed by atoms with E-state index < -0.39 is 23.3 Å². The molecule has 0 heterocycles. The minimum atomic E-state index is -0.724. The summed E-state index contributed by atoms with van der Waals surface area (Å²) in [6, 6.07) is 0. The van der Waals surface area contributed by atoms with Crippen LogP contribution in [0.25, 0.3) is 0 Å². The van der Waals surface area contributed by atoms with Gasteiger partial charge in [0.25, 0.3) is 0 Å². The molecule has 0 amide bonds. The van der Waals surface area contributed by atoms with Crippen molar-refractivity contribution in [3.05, 3.63) is 0 Å². The highest BCUT2D eigenvalue weighted by Crippen LogP contribution is 2.38. The first kappa shape index (κ1) is 32.4. The standard InChI is InChI=1S/C28H52O6/c1-24(2)18-17-23-28(27(33)34,21-15-11-7-3-5-9-13-19-25(29)30)22-16-12-8-4-6-10-14-20-26(31)32/h24H,3-23H2,1-2H3,(H,29,30)(H,31,32)(H,33,34). The first-order chi connectivity index (χ1) is 16.2. The van der Waals surface area contributed by atoms with Crippen LogP contribution in [0.1, 0.15) is 149 Å². The highest BCUT2D eigenvalue weighted by Gasteiger charge is 2.36. The number of aliphatic carboxylic acids is 3. The molecule has 0 aliphatic heterocycles. The SMILES string of the molecule is CC(C)CCCC(CCCCCCCCCC(=O)O)(CCCCCCCCCC(=O)O)C(=O)O. The van der Waals surface area contributed by atoms with Crippen LogP contribution < -0.4 is 0 Å². The van der Waals surface area contributed by atoms with Gasteiger partial charge >= 0.3 is 17.9 Å². The van der Waals surface area contributed by atoms with Gasteiger partial charge in [-0.25, -0.2) is 0 Å². The summed E-state index contributed by atoms with van der Waals surface area (Å²) in [7, 11) is 0. The largest absolute Gasteiger partial charge is 0.481 e. The molecule has 3 N–H and O–H groups in total. The summed E-state index contributed by atoms with van der Waals surface area (Å²) in [6.45, 7) is 4.38. The number of carboxylic acid groups (broad SMARTS) is 3. The molecule has 0 bridgehead atoms. The molecular weight excluding hydrogens is 432 g/mol. The second-order valence-corrected chi connectivity index (χ2v) is 10.6. The molecule has 0 fully saturated rings. The van der Waals surface area contributed by atoms with E-state index in [1.165, 1.54) is 0 Å². The van der Waals surface area contributed by atoms with Crippen molar-refractivity contribution in [1.82, 2.24) is 0 Å². The summed E-state index contributed by atoms with van der Waals surface area (Å²) in [5.41, 5.74) is -0.599. The van der Waals surface area contributed by atoms with Crippen molar-refractivity contribution >= 4 is 17.9 Å². The van der Waals surface area contributed by atoms with Gasteiger partial charge in [0.2, 0.25) is 0 Å². The average Bonchev–Trinajstić information content (AvgIpc) is 2.75. The Balaban J connectivity index is 4.35. The average molecular weight is 485 g/mol. The lowest BCUT2D eigenvalue weighted by Crippen LogP contribution is -2.31. The Bertz CT molecular complexity index is 511. The molecule has 0 atom stereocenters. The van der Waals surface area contributed by atoms with Gasteiger partial charge in [0.15, 0.2) is 0 Å². The Kier molecular flexibility index (Phi) is 19.8. The fourth-order valence-electron chi connectivity index (χ4n) is 4.79. The second-order valence-electron chi connectivity index (χ2n) is 10.6. The van der Waals surface area contributed by atoms with Crippen molar-refractivity contribution in [2.45, 2.75) is 149 Å². The fraction of sp³-hybridized carbons (Fsp3) is 0.893. The van der Waals surface area contributed by atoms with Crippen molar-refractivity contribution in [2.24, 2.45) is 11.3 Å². The van der Waals surface area contributed by atoms with Crippen LogP contribution in [-0.4, -0.2) is 33.2 Å². The number of carboxylic acids is 3. The van der Waals surface area contributed by atoms with Crippen molar-refractivity contribution in [2.75, 3.05) is 0 Å². The van der Waals surface area contributed by atoms with Gasteiger partial charge in [0, 0.05) is 12.8 Å². The van der Waals surface area contributed by atoms with Crippen LogP contribution in [0.4, 0.5) is 0 Å². The molecule has 0 rings (SSSR count). The van der Waals surface area contributed by atoms with Gasteiger partial charge in [0.1, 0.15) is 0 Å². The molecule has 200 valence electrons. The maximum Gasteiger partial charge on any atom is 0.309 e. The molecular formula is C28H52O6. The van der Waals surface area contributed by atoms with Gasteiger partial charge in [-0.1, -0.05) is 104 Å². The predicted octanol–water partition coefficient (Wildman–Crippen LogP) is 8.07. The summed E-state index contributed by atoms with van der Waals surface area (Å²) in [5.74, 6) is -1.48. The molecule has 0 aromatic heterocycles. The molecule has 0 aliphatic rings. The third-order valence-electron chi connectivity index (χ3n) is 6.98. The van der Waals surface area contributed by atoms with Gasteiger partial charge < -0.3 is 15.3 Å². The van der Waals surface area contributed by atoms with Gasteiger partial charge in [-0.2, -0.15) is 0 Å². The molecule has 0 aromatic rings. The minimum absolute atomic E-state index is 0.252. The van der Waals surface area contributed by atoms with E-state index in [9.17, 15) is 19.5 Å². The molecule has 34 heavy (non-hydrogen) atoms. The summed E-state index contributed by atoms with van der Waals surface area (Å²) in [6.07, 6.45) is 18.7. The van der Waals surface area contributed by atoms with E-state index in [0.717, 1.165) is 122 Å². The molecule has 0 aromatic carbocycles. The summed E-state index contributed by atoms with van der Waals surface area (Å²) in [5, 5.41) is 27.6. The highest BCUT2D eigenvalue weighted by molar-refractivity contribution is 5.74. The molecule has 6 nitrogen and oxygen atoms in total. The van der Waals surface area contributed by atoms with Crippen LogP contribution in [0.2, 0.25) is 0 Å². The molecule has 0 spiro atoms. The van der Waals surface area contributed by atoms with Crippen molar-refractivity contribution < 1.29 is 29.7 Å². The second kappa shape index (κ2) is 20.8. The first-order valence-corrected chi connectivity index (χ1v) is 13.9. The van der Waals surface area contributed by atoms with Gasteiger partial charge in [-0.05, 0) is 38.0 Å². The van der Waals surface area contributed by atoms with Crippen molar-refractivity contribution in [3.8, 4) is 0 Å². The Hall–Kier alpha value is -1.59. The molecule has 0 radical (unpaired) electrons. The number of unbranched alkanes of at least 4 members (excludes halogenated alkanes) is 12. The fourth-order valence-corrected chi connectivity index (χ4v) is 4.79.